The van der Waals surface area contributed by atoms with E-state index in [0.29, 0.717) is 48.0 Å². The standard InChI is InChI=1S/C39H53F2N3O6SSi2/c1-39(2,3)53(9,10)50-34-23-48-37-33(22-47-38(34)37)49-35-21-31-32(44(35)24-46-17-18-52(6,7)8)20-30(41)36(42-31)28-16-13-26(19-29(28)40)25-11-14-27(15-12-25)43-51(4,5)45/h11-16,19-21,33-34,37-38H,17-18,22-24H2,1-10H3/t33-,34?,37-,38-/m1/s1. The van der Waals surface area contributed by atoms with Gasteiger partial charge in [-0.15, -0.1) is 0 Å². The number of hydrogen-bond donors (Lipinski definition) is 0. The van der Waals surface area contributed by atoms with E-state index in [1.807, 2.05) is 0 Å². The van der Waals surface area contributed by atoms with Crippen molar-refractivity contribution < 1.29 is 36.4 Å². The van der Waals surface area contributed by atoms with Crippen molar-refractivity contribution >= 4 is 42.8 Å². The van der Waals surface area contributed by atoms with E-state index in [0.717, 1.165) is 11.6 Å². The van der Waals surface area contributed by atoms with Crippen LogP contribution in [0, 0.1) is 11.6 Å². The van der Waals surface area contributed by atoms with Crippen LogP contribution in [0.4, 0.5) is 14.5 Å². The summed E-state index contributed by atoms with van der Waals surface area (Å²) in [5, 5.41) is 0.0447. The van der Waals surface area contributed by atoms with Gasteiger partial charge < -0.3 is 23.4 Å². The molecule has 288 valence electrons. The molecular weight excluding hydrogens is 733 g/mol. The maximum absolute atomic E-state index is 16.0. The molecule has 2 saturated heterocycles. The third kappa shape index (κ3) is 9.12. The Hall–Kier alpha value is -2.99. The van der Waals surface area contributed by atoms with Crippen LogP contribution in [0.25, 0.3) is 33.4 Å². The van der Waals surface area contributed by atoms with Gasteiger partial charge in [-0.05, 0) is 59.6 Å². The second-order valence-corrected chi connectivity index (χ2v) is 30.1. The average molecular weight is 786 g/mol. The summed E-state index contributed by atoms with van der Waals surface area (Å²) >= 11 is 0. The minimum absolute atomic E-state index is 0.0391. The maximum atomic E-state index is 16.0. The Bertz CT molecular complexity index is 2080. The molecule has 0 saturated carbocycles. The molecule has 4 aromatic rings. The SMILES string of the molecule is CC(C)(C)[Si](C)(C)OC1CO[C@H]2[C@@H]1OC[C@H]2Oc1cc2nc(-c3ccc(-c4ccc(N=S(C)(C)=O)cc4)cc3F)c(F)cc2n1COCC[Si](C)(C)C. The van der Waals surface area contributed by atoms with Gasteiger partial charge in [0.2, 0.25) is 0 Å². The fourth-order valence-corrected chi connectivity index (χ4v) is 8.98. The van der Waals surface area contributed by atoms with E-state index in [9.17, 15) is 4.21 Å². The number of hydrogen-bond acceptors (Lipinski definition) is 8. The number of aromatic nitrogens is 2. The van der Waals surface area contributed by atoms with Crippen molar-refractivity contribution in [1.82, 2.24) is 9.55 Å². The third-order valence-electron chi connectivity index (χ3n) is 10.3. The van der Waals surface area contributed by atoms with Crippen LogP contribution in [0.1, 0.15) is 20.8 Å². The van der Waals surface area contributed by atoms with Gasteiger partial charge in [0.1, 0.15) is 30.4 Å². The predicted octanol–water partition coefficient (Wildman–Crippen LogP) is 9.26. The molecule has 4 heterocycles. The van der Waals surface area contributed by atoms with Crippen LogP contribution in [0.3, 0.4) is 0 Å². The Morgan fingerprint density at radius 2 is 1.55 bits per heavy atom. The lowest BCUT2D eigenvalue weighted by Crippen LogP contribution is -2.47. The summed E-state index contributed by atoms with van der Waals surface area (Å²) in [5.41, 5.74) is 2.78. The summed E-state index contributed by atoms with van der Waals surface area (Å²) in [7, 11) is -5.73. The summed E-state index contributed by atoms with van der Waals surface area (Å²) in [5.74, 6) is -0.837. The quantitative estimate of drug-likeness (QED) is 0.104. The Kier molecular flexibility index (Phi) is 11.2. The molecule has 2 aliphatic heterocycles. The van der Waals surface area contributed by atoms with Crippen LogP contribution in [-0.2, 0) is 35.1 Å². The fraction of sp³-hybridized carbons (Fsp3) is 0.513. The first kappa shape index (κ1) is 39.7. The van der Waals surface area contributed by atoms with Gasteiger partial charge >= 0.3 is 0 Å². The summed E-state index contributed by atoms with van der Waals surface area (Å²) in [4.78, 5) is 4.64. The summed E-state index contributed by atoms with van der Waals surface area (Å²) in [6, 6.07) is 15.8. The largest absolute Gasteiger partial charge is 0.470 e. The van der Waals surface area contributed by atoms with Crippen LogP contribution in [0.2, 0.25) is 43.8 Å². The smallest absolute Gasteiger partial charge is 0.198 e. The normalized spacial score (nSPS) is 21.0. The van der Waals surface area contributed by atoms with Crippen molar-refractivity contribution in [3.8, 4) is 28.3 Å². The third-order valence-corrected chi connectivity index (χ3v) is 17.1. The lowest BCUT2D eigenvalue weighted by atomic mass is 10.0. The first-order valence-electron chi connectivity index (χ1n) is 18.1. The van der Waals surface area contributed by atoms with E-state index >= 15 is 8.78 Å². The maximum Gasteiger partial charge on any atom is 0.198 e. The van der Waals surface area contributed by atoms with E-state index in [4.69, 9.17) is 23.4 Å². The van der Waals surface area contributed by atoms with Crippen LogP contribution < -0.4 is 4.74 Å². The van der Waals surface area contributed by atoms with Crippen molar-refractivity contribution in [3.05, 3.63) is 66.2 Å². The number of rotatable bonds is 12. The molecule has 9 nitrogen and oxygen atoms in total. The monoisotopic (exact) mass is 785 g/mol. The first-order valence-corrected chi connectivity index (χ1v) is 27.1. The second-order valence-electron chi connectivity index (χ2n) is 17.2. The zero-order valence-electron chi connectivity index (χ0n) is 32.5. The molecule has 2 aliphatic rings. The van der Waals surface area contributed by atoms with Gasteiger partial charge in [-0.3, -0.25) is 4.57 Å². The van der Waals surface area contributed by atoms with Gasteiger partial charge in [-0.2, -0.15) is 4.36 Å². The van der Waals surface area contributed by atoms with Gasteiger partial charge in [0.25, 0.3) is 0 Å². The zero-order valence-corrected chi connectivity index (χ0v) is 35.3. The van der Waals surface area contributed by atoms with E-state index in [-0.39, 0.29) is 41.3 Å². The molecule has 2 aromatic carbocycles. The van der Waals surface area contributed by atoms with Crippen LogP contribution in [0.15, 0.2) is 59.0 Å². The topological polar surface area (TPSA) is 93.4 Å². The van der Waals surface area contributed by atoms with E-state index in [2.05, 4.69) is 62.9 Å². The average Bonchev–Trinajstić information content (AvgIpc) is 3.72. The first-order chi connectivity index (χ1) is 24.7. The van der Waals surface area contributed by atoms with Crippen molar-refractivity contribution in [2.75, 3.05) is 32.3 Å². The molecule has 0 N–H and O–H groups in total. The Balaban J connectivity index is 1.27. The minimum atomic E-state index is -2.31. The molecule has 2 aromatic heterocycles. The van der Waals surface area contributed by atoms with Gasteiger partial charge in [-0.1, -0.05) is 58.6 Å². The Morgan fingerprint density at radius 3 is 2.17 bits per heavy atom. The lowest BCUT2D eigenvalue weighted by molar-refractivity contribution is 0.00859. The van der Waals surface area contributed by atoms with Crippen LogP contribution >= 0.6 is 0 Å². The molecule has 0 amide bonds. The number of benzene rings is 2. The molecule has 0 spiro atoms. The Labute approximate surface area is 314 Å². The number of fused-ring (bicyclic) bond motifs is 2. The lowest BCUT2D eigenvalue weighted by Gasteiger charge is -2.39. The molecule has 0 radical (unpaired) electrons. The van der Waals surface area contributed by atoms with E-state index < -0.39 is 43.9 Å². The van der Waals surface area contributed by atoms with Crippen LogP contribution in [0.5, 0.6) is 5.88 Å². The van der Waals surface area contributed by atoms with E-state index in [1.165, 1.54) is 18.2 Å². The summed E-state index contributed by atoms with van der Waals surface area (Å²) in [6.45, 7) is 19.3. The fourth-order valence-electron chi connectivity index (χ4n) is 6.28. The highest BCUT2D eigenvalue weighted by Gasteiger charge is 2.52. The highest BCUT2D eigenvalue weighted by atomic mass is 32.2. The Morgan fingerprint density at radius 1 is 0.906 bits per heavy atom. The highest BCUT2D eigenvalue weighted by Crippen LogP contribution is 2.41. The van der Waals surface area contributed by atoms with E-state index in [1.54, 1.807) is 53.5 Å². The molecule has 2 fully saturated rings. The van der Waals surface area contributed by atoms with Gasteiger partial charge in [0.05, 0.1) is 36.0 Å². The minimum Gasteiger partial charge on any atom is -0.470 e. The second kappa shape index (κ2) is 14.9. The van der Waals surface area contributed by atoms with Gasteiger partial charge in [0, 0.05) is 54.6 Å². The van der Waals surface area contributed by atoms with Gasteiger partial charge in [0.15, 0.2) is 26.1 Å². The molecule has 14 heteroatoms. The molecule has 6 rings (SSSR count). The molecule has 53 heavy (non-hydrogen) atoms. The summed E-state index contributed by atoms with van der Waals surface area (Å²) in [6.07, 6.45) is 1.93. The van der Waals surface area contributed by atoms with Crippen molar-refractivity contribution in [3.63, 3.8) is 0 Å². The van der Waals surface area contributed by atoms with Crippen molar-refractivity contribution in [2.24, 2.45) is 4.36 Å². The molecule has 0 bridgehead atoms. The highest BCUT2D eigenvalue weighted by molar-refractivity contribution is 7.92. The molecule has 1 unspecified atom stereocenters. The molecular formula is C39H53F2N3O6SSi2. The predicted molar refractivity (Wildman–Crippen MR) is 213 cm³/mol. The number of ether oxygens (including phenoxy) is 4. The number of pyridine rings is 1. The zero-order chi connectivity index (χ0) is 38.5. The molecule has 0 aliphatic carbocycles. The number of nitrogens with zero attached hydrogens (tertiary/aromatic N) is 3. The van der Waals surface area contributed by atoms with Crippen LogP contribution in [-0.4, -0.2) is 86.9 Å². The summed E-state index contributed by atoms with van der Waals surface area (Å²) < 4.78 is 81.6. The van der Waals surface area contributed by atoms with Gasteiger partial charge in [-0.25, -0.2) is 18.0 Å². The van der Waals surface area contributed by atoms with Crippen molar-refractivity contribution in [1.29, 1.82) is 0 Å². The molecule has 4 atom stereocenters. The van der Waals surface area contributed by atoms with Crippen molar-refractivity contribution in [2.45, 2.75) is 95.7 Å². The number of halogens is 2.